The van der Waals surface area contributed by atoms with Crippen molar-refractivity contribution < 1.29 is 4.79 Å². The fourth-order valence-electron chi connectivity index (χ4n) is 3.27. The van der Waals surface area contributed by atoms with Crippen LogP contribution in [-0.4, -0.2) is 32.7 Å². The molecule has 0 saturated carbocycles. The number of thioether (sulfide) groups is 1. The molecule has 4 rings (SSSR count). The van der Waals surface area contributed by atoms with E-state index in [1.165, 1.54) is 10.5 Å². The normalized spacial score (nSPS) is 11.1. The summed E-state index contributed by atoms with van der Waals surface area (Å²) < 4.78 is 3.13. The van der Waals surface area contributed by atoms with Crippen molar-refractivity contribution in [3.05, 3.63) is 72.3 Å². The first-order valence-electron chi connectivity index (χ1n) is 10.0. The quantitative estimate of drug-likeness (QED) is 0.335. The van der Waals surface area contributed by atoms with Crippen LogP contribution in [0, 0.1) is 6.92 Å². The largest absolute Gasteiger partial charge is 0.337 e. The van der Waals surface area contributed by atoms with E-state index in [4.69, 9.17) is 4.98 Å². The molecule has 30 heavy (non-hydrogen) atoms. The van der Waals surface area contributed by atoms with E-state index >= 15 is 0 Å². The molecule has 0 bridgehead atoms. The highest BCUT2D eigenvalue weighted by Gasteiger charge is 2.21. The number of imidazole rings is 1. The number of fused-ring (bicyclic) bond motifs is 1. The maximum atomic E-state index is 13.4. The van der Waals surface area contributed by atoms with Crippen LogP contribution in [0.2, 0.25) is 0 Å². The van der Waals surface area contributed by atoms with Gasteiger partial charge in [-0.1, -0.05) is 24.3 Å². The van der Waals surface area contributed by atoms with Crippen molar-refractivity contribution in [2.45, 2.75) is 31.7 Å². The van der Waals surface area contributed by atoms with Gasteiger partial charge in [-0.3, -0.25) is 9.69 Å². The third-order valence-corrected chi connectivity index (χ3v) is 6.71. The minimum atomic E-state index is -0.00976. The number of benzene rings is 2. The first-order valence-corrected chi connectivity index (χ1v) is 11.8. The van der Waals surface area contributed by atoms with Crippen LogP contribution in [0.3, 0.4) is 0 Å². The van der Waals surface area contributed by atoms with E-state index < -0.39 is 0 Å². The zero-order chi connectivity index (χ0) is 20.9. The van der Waals surface area contributed by atoms with Gasteiger partial charge in [-0.05, 0) is 61.1 Å². The fraction of sp³-hybridized carbons (Fsp3) is 0.261. The maximum Gasteiger partial charge on any atom is 0.260 e. The summed E-state index contributed by atoms with van der Waals surface area (Å²) >= 11 is 3.35. The third-order valence-electron chi connectivity index (χ3n) is 4.78. The smallest absolute Gasteiger partial charge is 0.260 e. The second-order valence-electron chi connectivity index (χ2n) is 7.04. The molecule has 154 valence electrons. The number of hydrogen-bond donors (Lipinski definition) is 0. The van der Waals surface area contributed by atoms with E-state index in [9.17, 15) is 4.79 Å². The lowest BCUT2D eigenvalue weighted by molar-refractivity contribution is 0.0986. The summed E-state index contributed by atoms with van der Waals surface area (Å²) in [4.78, 5) is 25.3. The van der Waals surface area contributed by atoms with Gasteiger partial charge in [0.1, 0.15) is 0 Å². The molecule has 4 aromatic rings. The number of carbonyl (C=O) groups excluding carboxylic acids is 1. The lowest BCUT2D eigenvalue weighted by Gasteiger charge is -2.20. The van der Waals surface area contributed by atoms with E-state index in [1.54, 1.807) is 35.6 Å². The maximum absolute atomic E-state index is 13.4. The number of hydrogen-bond acceptors (Lipinski definition) is 5. The Morgan fingerprint density at radius 2 is 2.03 bits per heavy atom. The number of nitrogens with zero attached hydrogens (tertiary/aromatic N) is 4. The SMILES string of the molecule is CCSc1ccc(C(=O)N(CCCn2ccnc2)c2nc3ccc(C)cc3s2)cc1. The van der Waals surface area contributed by atoms with Crippen molar-refractivity contribution in [3.8, 4) is 0 Å². The predicted octanol–water partition coefficient (Wildman–Crippen LogP) is 5.65. The Bertz CT molecular complexity index is 1120. The second-order valence-corrected chi connectivity index (χ2v) is 9.38. The Hall–Kier alpha value is -2.64. The molecule has 0 aliphatic rings. The van der Waals surface area contributed by atoms with Gasteiger partial charge in [0.2, 0.25) is 0 Å². The highest BCUT2D eigenvalue weighted by Crippen LogP contribution is 2.31. The number of amides is 1. The molecular formula is C23H24N4OS2. The third kappa shape index (κ3) is 4.74. The van der Waals surface area contributed by atoms with Gasteiger partial charge in [-0.25, -0.2) is 9.97 Å². The number of thiazole rings is 1. The number of carbonyl (C=O) groups is 1. The predicted molar refractivity (Wildman–Crippen MR) is 126 cm³/mol. The monoisotopic (exact) mass is 436 g/mol. The van der Waals surface area contributed by atoms with Gasteiger partial charge in [0.25, 0.3) is 5.91 Å². The summed E-state index contributed by atoms with van der Waals surface area (Å²) in [7, 11) is 0. The number of aryl methyl sites for hydroxylation is 2. The first-order chi connectivity index (χ1) is 14.6. The highest BCUT2D eigenvalue weighted by atomic mass is 32.2. The van der Waals surface area contributed by atoms with Crippen LogP contribution < -0.4 is 4.90 Å². The number of anilines is 1. The Kier molecular flexibility index (Phi) is 6.50. The van der Waals surface area contributed by atoms with E-state index in [-0.39, 0.29) is 5.91 Å². The molecule has 0 fully saturated rings. The lowest BCUT2D eigenvalue weighted by Crippen LogP contribution is -2.32. The minimum absolute atomic E-state index is 0.00976. The van der Waals surface area contributed by atoms with Crippen molar-refractivity contribution in [2.24, 2.45) is 0 Å². The Balaban J connectivity index is 1.60. The lowest BCUT2D eigenvalue weighted by atomic mass is 10.2. The zero-order valence-corrected chi connectivity index (χ0v) is 18.7. The van der Waals surface area contributed by atoms with Gasteiger partial charge in [-0.15, -0.1) is 11.8 Å². The van der Waals surface area contributed by atoms with Crippen molar-refractivity contribution >= 4 is 44.4 Å². The molecule has 2 aromatic heterocycles. The average Bonchev–Trinajstić information content (AvgIpc) is 3.41. The highest BCUT2D eigenvalue weighted by molar-refractivity contribution is 7.99. The summed E-state index contributed by atoms with van der Waals surface area (Å²) in [5.74, 6) is 1.00. The van der Waals surface area contributed by atoms with Crippen LogP contribution in [-0.2, 0) is 6.54 Å². The molecule has 2 aromatic carbocycles. The molecule has 0 aliphatic heterocycles. The Labute approximate surface area is 184 Å². The minimum Gasteiger partial charge on any atom is -0.337 e. The standard InChI is InChI=1S/C23H24N4OS2/c1-3-29-19-8-6-18(7-9-19)22(28)27(13-4-12-26-14-11-24-16-26)23-25-20-10-5-17(2)15-21(20)30-23/h5-11,14-16H,3-4,12-13H2,1-2H3. The topological polar surface area (TPSA) is 51.0 Å². The fourth-order valence-corrected chi connectivity index (χ4v) is 5.02. The summed E-state index contributed by atoms with van der Waals surface area (Å²) in [5, 5.41) is 0.748. The molecular weight excluding hydrogens is 412 g/mol. The van der Waals surface area contributed by atoms with Gasteiger partial charge >= 0.3 is 0 Å². The van der Waals surface area contributed by atoms with Gasteiger partial charge in [0, 0.05) is 35.9 Å². The second kappa shape index (κ2) is 9.45. The molecule has 2 heterocycles. The van der Waals surface area contributed by atoms with Gasteiger partial charge in [0.05, 0.1) is 16.5 Å². The van der Waals surface area contributed by atoms with Crippen molar-refractivity contribution in [3.63, 3.8) is 0 Å². The molecule has 7 heteroatoms. The first kappa shape index (κ1) is 20.6. The van der Waals surface area contributed by atoms with Crippen LogP contribution in [0.5, 0.6) is 0 Å². The van der Waals surface area contributed by atoms with E-state index in [2.05, 4.69) is 31.0 Å². The van der Waals surface area contributed by atoms with Crippen LogP contribution in [0.1, 0.15) is 29.3 Å². The number of rotatable bonds is 8. The van der Waals surface area contributed by atoms with Crippen molar-refractivity contribution in [1.82, 2.24) is 14.5 Å². The molecule has 0 atom stereocenters. The van der Waals surface area contributed by atoms with Crippen LogP contribution >= 0.6 is 23.1 Å². The molecule has 5 nitrogen and oxygen atoms in total. The van der Waals surface area contributed by atoms with Crippen LogP contribution in [0.4, 0.5) is 5.13 Å². The molecule has 0 N–H and O–H groups in total. The van der Waals surface area contributed by atoms with Crippen LogP contribution in [0.25, 0.3) is 10.2 Å². The van der Waals surface area contributed by atoms with E-state index in [0.717, 1.165) is 34.1 Å². The molecule has 0 radical (unpaired) electrons. The van der Waals surface area contributed by atoms with E-state index in [1.807, 2.05) is 46.0 Å². The molecule has 1 amide bonds. The summed E-state index contributed by atoms with van der Waals surface area (Å²) in [5.41, 5.74) is 2.82. The summed E-state index contributed by atoms with van der Waals surface area (Å²) in [6.45, 7) is 5.60. The Morgan fingerprint density at radius 3 is 2.77 bits per heavy atom. The molecule has 0 aliphatic carbocycles. The van der Waals surface area contributed by atoms with Gasteiger partial charge < -0.3 is 4.57 Å². The summed E-state index contributed by atoms with van der Waals surface area (Å²) in [6, 6.07) is 14.1. The van der Waals surface area contributed by atoms with Crippen LogP contribution in [0.15, 0.2) is 66.1 Å². The molecule has 0 unspecified atom stereocenters. The van der Waals surface area contributed by atoms with E-state index in [0.29, 0.717) is 12.1 Å². The Morgan fingerprint density at radius 1 is 1.20 bits per heavy atom. The van der Waals surface area contributed by atoms with Crippen molar-refractivity contribution in [1.29, 1.82) is 0 Å². The van der Waals surface area contributed by atoms with Gasteiger partial charge in [-0.2, -0.15) is 0 Å². The number of aromatic nitrogens is 3. The summed E-state index contributed by atoms with van der Waals surface area (Å²) in [6.07, 6.45) is 6.34. The molecule has 0 saturated heterocycles. The molecule has 0 spiro atoms. The van der Waals surface area contributed by atoms with Crippen molar-refractivity contribution in [2.75, 3.05) is 17.2 Å². The zero-order valence-electron chi connectivity index (χ0n) is 17.1. The average molecular weight is 437 g/mol. The van der Waals surface area contributed by atoms with Gasteiger partial charge in [0.15, 0.2) is 5.13 Å².